The zero-order valence-electron chi connectivity index (χ0n) is 20.1. The van der Waals surface area contributed by atoms with Crippen LogP contribution in [0.25, 0.3) is 22.2 Å². The molecular weight excluding hydrogens is 456 g/mol. The molecule has 0 bridgehead atoms. The molecule has 7 rings (SSSR count). The van der Waals surface area contributed by atoms with Crippen molar-refractivity contribution < 1.29 is 23.7 Å². The van der Waals surface area contributed by atoms with E-state index in [0.717, 1.165) is 65.5 Å². The van der Waals surface area contributed by atoms with E-state index in [1.54, 1.807) is 4.90 Å². The largest absolute Gasteiger partial charge is 0.454 e. The molecule has 4 aromatic rings. The number of ketones is 1. The Bertz CT molecular complexity index is 1500. The molecule has 0 spiro atoms. The number of benzene rings is 3. The highest BCUT2D eigenvalue weighted by molar-refractivity contribution is 6.28. The van der Waals surface area contributed by atoms with Crippen LogP contribution in [-0.4, -0.2) is 50.5 Å². The fraction of sp³-hybridized carbons (Fsp3) is 0.286. The Hall–Kier alpha value is -4.04. The fourth-order valence-corrected chi connectivity index (χ4v) is 5.68. The van der Waals surface area contributed by atoms with Gasteiger partial charge in [0, 0.05) is 22.9 Å². The highest BCUT2D eigenvalue weighted by atomic mass is 16.7. The Labute approximate surface area is 208 Å². The van der Waals surface area contributed by atoms with E-state index in [0.29, 0.717) is 22.6 Å². The summed E-state index contributed by atoms with van der Waals surface area (Å²) in [7, 11) is 0. The van der Waals surface area contributed by atoms with Crippen LogP contribution in [0.3, 0.4) is 0 Å². The number of piperazine rings is 1. The summed E-state index contributed by atoms with van der Waals surface area (Å²) < 4.78 is 17.0. The lowest BCUT2D eigenvalue weighted by Crippen LogP contribution is -3.14. The van der Waals surface area contributed by atoms with Crippen molar-refractivity contribution in [1.29, 1.82) is 0 Å². The molecular formula is C28H27N4O4+. The highest BCUT2D eigenvalue weighted by Gasteiger charge is 2.34. The molecule has 0 unspecified atom stereocenters. The number of hydrogen-bond donors (Lipinski definition) is 2. The standard InChI is InChI=1S/C28H26N4O4/c1-2-9-31-10-12-32(13-11-31)21-15-20(29-17-7-8-22-23(14-17)35-16-34-22)24-25-26(21)30-36-28(25)19-6-4-3-5-18(19)27(24)33/h3-8,14-15,29H,2,9-13,16H2,1H3/p+1. The summed E-state index contributed by atoms with van der Waals surface area (Å²) in [6.45, 7) is 7.66. The highest BCUT2D eigenvalue weighted by Crippen LogP contribution is 2.46. The summed E-state index contributed by atoms with van der Waals surface area (Å²) >= 11 is 0. The number of ether oxygens (including phenoxy) is 2. The van der Waals surface area contributed by atoms with Crippen LogP contribution in [0.4, 0.5) is 17.1 Å². The second-order valence-electron chi connectivity index (χ2n) is 9.61. The van der Waals surface area contributed by atoms with E-state index in [-0.39, 0.29) is 12.6 Å². The molecule has 1 fully saturated rings. The number of carbonyl (C=O) groups is 1. The number of nitrogens with zero attached hydrogens (tertiary/aromatic N) is 2. The van der Waals surface area contributed by atoms with Gasteiger partial charge in [-0.05, 0) is 24.6 Å². The predicted octanol–water partition coefficient (Wildman–Crippen LogP) is 3.63. The van der Waals surface area contributed by atoms with Crippen LogP contribution in [0.15, 0.2) is 53.1 Å². The third-order valence-electron chi connectivity index (χ3n) is 7.44. The normalized spacial score (nSPS) is 16.5. The first-order chi connectivity index (χ1) is 17.7. The van der Waals surface area contributed by atoms with Gasteiger partial charge in [0.1, 0.15) is 5.52 Å². The van der Waals surface area contributed by atoms with E-state index in [1.807, 2.05) is 42.5 Å². The van der Waals surface area contributed by atoms with Gasteiger partial charge in [-0.3, -0.25) is 4.79 Å². The second-order valence-corrected chi connectivity index (χ2v) is 9.61. The smallest absolute Gasteiger partial charge is 0.231 e. The summed E-state index contributed by atoms with van der Waals surface area (Å²) in [6, 6.07) is 15.4. The molecule has 0 atom stereocenters. The van der Waals surface area contributed by atoms with E-state index < -0.39 is 0 Å². The third-order valence-corrected chi connectivity index (χ3v) is 7.44. The molecule has 36 heavy (non-hydrogen) atoms. The van der Waals surface area contributed by atoms with Gasteiger partial charge in [-0.15, -0.1) is 0 Å². The third kappa shape index (κ3) is 3.25. The number of fused-ring (bicyclic) bond motifs is 3. The Kier molecular flexibility index (Phi) is 4.89. The summed E-state index contributed by atoms with van der Waals surface area (Å²) in [5.74, 6) is 2.03. The van der Waals surface area contributed by atoms with E-state index in [2.05, 4.69) is 28.4 Å². The minimum absolute atomic E-state index is 0.0293. The van der Waals surface area contributed by atoms with Crippen LogP contribution >= 0.6 is 0 Å². The monoisotopic (exact) mass is 483 g/mol. The van der Waals surface area contributed by atoms with Crippen LogP contribution in [0.5, 0.6) is 11.5 Å². The van der Waals surface area contributed by atoms with Crippen LogP contribution in [-0.2, 0) is 0 Å². The average molecular weight is 484 g/mol. The fourth-order valence-electron chi connectivity index (χ4n) is 5.68. The molecule has 0 radical (unpaired) electrons. The maximum atomic E-state index is 13.8. The number of hydrogen-bond acceptors (Lipinski definition) is 7. The first kappa shape index (κ1) is 21.3. The molecule has 2 N–H and O–H groups in total. The van der Waals surface area contributed by atoms with Crippen molar-refractivity contribution in [2.75, 3.05) is 49.7 Å². The molecule has 3 heterocycles. The van der Waals surface area contributed by atoms with Gasteiger partial charge in [-0.2, -0.15) is 0 Å². The Morgan fingerprint density at radius 3 is 2.67 bits per heavy atom. The van der Waals surface area contributed by atoms with Gasteiger partial charge >= 0.3 is 0 Å². The lowest BCUT2D eigenvalue weighted by molar-refractivity contribution is -0.900. The maximum Gasteiger partial charge on any atom is 0.231 e. The van der Waals surface area contributed by atoms with Crippen LogP contribution < -0.4 is 24.6 Å². The van der Waals surface area contributed by atoms with Gasteiger partial charge in [0.05, 0.1) is 55.0 Å². The Morgan fingerprint density at radius 1 is 1.03 bits per heavy atom. The summed E-state index contributed by atoms with van der Waals surface area (Å²) in [6.07, 6.45) is 1.19. The molecule has 8 nitrogen and oxygen atoms in total. The van der Waals surface area contributed by atoms with Crippen molar-refractivity contribution in [3.63, 3.8) is 0 Å². The average Bonchev–Trinajstić information content (AvgIpc) is 3.56. The number of quaternary nitrogens is 1. The van der Waals surface area contributed by atoms with E-state index in [9.17, 15) is 4.79 Å². The van der Waals surface area contributed by atoms with Crippen molar-refractivity contribution in [2.45, 2.75) is 13.3 Å². The summed E-state index contributed by atoms with van der Waals surface area (Å²) in [4.78, 5) is 17.8. The molecule has 1 aromatic heterocycles. The van der Waals surface area contributed by atoms with Crippen molar-refractivity contribution in [3.05, 3.63) is 59.7 Å². The van der Waals surface area contributed by atoms with Gasteiger partial charge in [0.2, 0.25) is 6.79 Å². The number of anilines is 3. The molecule has 0 amide bonds. The maximum absolute atomic E-state index is 13.8. The van der Waals surface area contributed by atoms with Gasteiger partial charge in [-0.25, -0.2) is 0 Å². The molecule has 2 aliphatic heterocycles. The van der Waals surface area contributed by atoms with Gasteiger partial charge in [0.25, 0.3) is 0 Å². The van der Waals surface area contributed by atoms with E-state index in [4.69, 9.17) is 14.0 Å². The summed E-state index contributed by atoms with van der Waals surface area (Å²) in [5, 5.41) is 8.80. The quantitative estimate of drug-likeness (QED) is 0.395. The minimum Gasteiger partial charge on any atom is -0.454 e. The topological polar surface area (TPSA) is 81.3 Å². The molecule has 0 saturated carbocycles. The van der Waals surface area contributed by atoms with Crippen LogP contribution in [0.1, 0.15) is 29.3 Å². The Morgan fingerprint density at radius 2 is 1.83 bits per heavy atom. The number of rotatable bonds is 5. The zero-order chi connectivity index (χ0) is 24.2. The number of carbonyl (C=O) groups excluding carboxylic acids is 1. The Balaban J connectivity index is 1.38. The lowest BCUT2D eigenvalue weighted by atomic mass is 9.86. The first-order valence-electron chi connectivity index (χ1n) is 12.6. The first-order valence-corrected chi connectivity index (χ1v) is 12.6. The number of aromatic nitrogens is 1. The zero-order valence-corrected chi connectivity index (χ0v) is 20.1. The van der Waals surface area contributed by atoms with Crippen LogP contribution in [0.2, 0.25) is 0 Å². The molecule has 1 aliphatic carbocycles. The lowest BCUT2D eigenvalue weighted by Gasteiger charge is -2.34. The molecule has 3 aliphatic rings. The minimum atomic E-state index is -0.0293. The summed E-state index contributed by atoms with van der Waals surface area (Å²) in [5.41, 5.74) is 5.32. The van der Waals surface area contributed by atoms with Gasteiger partial charge in [0.15, 0.2) is 23.0 Å². The second kappa shape index (κ2) is 8.27. The SMILES string of the molecule is CCC[NH+]1CCN(c2cc(Nc3ccc4c(c3)OCO4)c3c4c(onc24)-c2ccccc2C3=O)CC1. The van der Waals surface area contributed by atoms with Gasteiger partial charge in [-0.1, -0.05) is 36.3 Å². The molecule has 8 heteroatoms. The molecule has 3 aromatic carbocycles. The van der Waals surface area contributed by atoms with Crippen molar-refractivity contribution in [1.82, 2.24) is 5.16 Å². The molecule has 182 valence electrons. The van der Waals surface area contributed by atoms with E-state index >= 15 is 0 Å². The van der Waals surface area contributed by atoms with Crippen LogP contribution in [0, 0.1) is 0 Å². The molecule has 1 saturated heterocycles. The van der Waals surface area contributed by atoms with Gasteiger partial charge < -0.3 is 29.1 Å². The van der Waals surface area contributed by atoms with Crippen molar-refractivity contribution in [3.8, 4) is 22.8 Å². The van der Waals surface area contributed by atoms with E-state index in [1.165, 1.54) is 13.0 Å². The predicted molar refractivity (Wildman–Crippen MR) is 137 cm³/mol. The van der Waals surface area contributed by atoms with Crippen molar-refractivity contribution in [2.24, 2.45) is 0 Å². The van der Waals surface area contributed by atoms with Crippen molar-refractivity contribution >= 4 is 33.7 Å². The number of nitrogens with one attached hydrogen (secondary N) is 2.